The van der Waals surface area contributed by atoms with E-state index in [9.17, 15) is 18.5 Å². The molecule has 0 spiro atoms. The molecule has 0 saturated carbocycles. The Hall–Kier alpha value is -1.55. The number of ether oxygens (including phenoxy) is 1. The number of nitrogens with one attached hydrogen (secondary N) is 1. The van der Waals surface area contributed by atoms with Gasteiger partial charge >= 0.3 is 0 Å². The normalized spacial score (nSPS) is 11.5. The molecule has 8 nitrogen and oxygen atoms in total. The number of hydrogen-bond donors (Lipinski definition) is 2. The Morgan fingerprint density at radius 2 is 2.10 bits per heavy atom. The number of hydrogen-bond acceptors (Lipinski definition) is 6. The average molecular weight is 318 g/mol. The van der Waals surface area contributed by atoms with Crippen LogP contribution in [0.1, 0.15) is 12.0 Å². The largest absolute Gasteiger partial charge is 0.394 e. The zero-order chi connectivity index (χ0) is 15.9. The van der Waals surface area contributed by atoms with Crippen LogP contribution in [0.25, 0.3) is 0 Å². The first-order chi connectivity index (χ1) is 9.90. The molecule has 0 aromatic heterocycles. The third-order valence-electron chi connectivity index (χ3n) is 2.73. The lowest BCUT2D eigenvalue weighted by molar-refractivity contribution is -0.385. The van der Waals surface area contributed by atoms with E-state index in [1.807, 2.05) is 0 Å². The van der Waals surface area contributed by atoms with E-state index in [1.54, 1.807) is 0 Å². The Morgan fingerprint density at radius 3 is 2.71 bits per heavy atom. The van der Waals surface area contributed by atoms with E-state index >= 15 is 0 Å². The van der Waals surface area contributed by atoms with E-state index < -0.39 is 14.9 Å². The second-order valence-electron chi connectivity index (χ2n) is 4.24. The lowest BCUT2D eigenvalue weighted by Crippen LogP contribution is -2.26. The summed E-state index contributed by atoms with van der Waals surface area (Å²) in [5.74, 6) is 0. The zero-order valence-corrected chi connectivity index (χ0v) is 12.4. The first-order valence-corrected chi connectivity index (χ1v) is 7.80. The van der Waals surface area contributed by atoms with Gasteiger partial charge in [0, 0.05) is 24.8 Å². The highest BCUT2D eigenvalue weighted by molar-refractivity contribution is 7.89. The molecule has 0 aliphatic carbocycles. The fraction of sp³-hybridized carbons (Fsp3) is 0.500. The maximum absolute atomic E-state index is 12.1. The number of sulfonamides is 1. The molecule has 9 heteroatoms. The van der Waals surface area contributed by atoms with Gasteiger partial charge in [0.2, 0.25) is 10.0 Å². The minimum atomic E-state index is -3.80. The van der Waals surface area contributed by atoms with E-state index in [2.05, 4.69) is 4.72 Å². The van der Waals surface area contributed by atoms with Gasteiger partial charge in [-0.25, -0.2) is 13.1 Å². The first kappa shape index (κ1) is 17.5. The summed E-state index contributed by atoms with van der Waals surface area (Å²) >= 11 is 0. The maximum Gasteiger partial charge on any atom is 0.273 e. The van der Waals surface area contributed by atoms with Crippen LogP contribution >= 0.6 is 0 Å². The Morgan fingerprint density at radius 1 is 1.38 bits per heavy atom. The third kappa shape index (κ3) is 5.05. The summed E-state index contributed by atoms with van der Waals surface area (Å²) in [4.78, 5) is 10.1. The van der Waals surface area contributed by atoms with E-state index in [0.717, 1.165) is 0 Å². The van der Waals surface area contributed by atoms with Crippen LogP contribution in [0.3, 0.4) is 0 Å². The second kappa shape index (κ2) is 8.03. The number of nitro groups is 1. The number of nitrogens with zero attached hydrogens (tertiary/aromatic N) is 1. The molecule has 0 unspecified atom stereocenters. The number of rotatable bonds is 9. The molecule has 0 saturated heterocycles. The third-order valence-corrected chi connectivity index (χ3v) is 4.34. The van der Waals surface area contributed by atoms with Crippen LogP contribution in [-0.2, 0) is 14.8 Å². The highest BCUT2D eigenvalue weighted by atomic mass is 32.2. The van der Waals surface area contributed by atoms with Crippen LogP contribution in [0.2, 0.25) is 0 Å². The number of aliphatic hydroxyl groups is 1. The predicted molar refractivity (Wildman–Crippen MR) is 75.5 cm³/mol. The lowest BCUT2D eigenvalue weighted by atomic mass is 10.2. The summed E-state index contributed by atoms with van der Waals surface area (Å²) in [6.45, 7) is 1.99. The molecule has 0 bridgehead atoms. The monoisotopic (exact) mass is 318 g/mol. The van der Waals surface area contributed by atoms with Crippen molar-refractivity contribution in [3.05, 3.63) is 33.9 Å². The van der Waals surface area contributed by atoms with Crippen molar-refractivity contribution in [2.24, 2.45) is 0 Å². The molecule has 0 fully saturated rings. The van der Waals surface area contributed by atoms with Crippen LogP contribution in [-0.4, -0.2) is 44.8 Å². The SMILES string of the molecule is Cc1c([N+](=O)[O-])cccc1S(=O)(=O)NCCCOCCO. The van der Waals surface area contributed by atoms with Gasteiger partial charge in [0.05, 0.1) is 23.0 Å². The van der Waals surface area contributed by atoms with E-state index in [4.69, 9.17) is 9.84 Å². The first-order valence-electron chi connectivity index (χ1n) is 6.32. The molecule has 0 amide bonds. The molecule has 0 heterocycles. The van der Waals surface area contributed by atoms with Gasteiger partial charge in [-0.1, -0.05) is 6.07 Å². The van der Waals surface area contributed by atoms with Crippen LogP contribution in [0.5, 0.6) is 0 Å². The second-order valence-corrected chi connectivity index (χ2v) is 5.98. The molecule has 118 valence electrons. The molecule has 0 aliphatic rings. The van der Waals surface area contributed by atoms with Crippen LogP contribution in [0, 0.1) is 17.0 Å². The van der Waals surface area contributed by atoms with Gasteiger partial charge in [-0.15, -0.1) is 0 Å². The van der Waals surface area contributed by atoms with Gasteiger partial charge in [-0.05, 0) is 19.4 Å². The number of nitro benzene ring substituents is 1. The van der Waals surface area contributed by atoms with Crippen molar-refractivity contribution in [3.63, 3.8) is 0 Å². The molecule has 1 aromatic rings. The fourth-order valence-electron chi connectivity index (χ4n) is 1.72. The predicted octanol–water partition coefficient (Wildman–Crippen LogP) is 0.581. The van der Waals surface area contributed by atoms with Crippen molar-refractivity contribution >= 4 is 15.7 Å². The Bertz CT molecular complexity index is 587. The van der Waals surface area contributed by atoms with Crippen molar-refractivity contribution in [3.8, 4) is 0 Å². The van der Waals surface area contributed by atoms with Crippen LogP contribution in [0.15, 0.2) is 23.1 Å². The molecule has 21 heavy (non-hydrogen) atoms. The summed E-state index contributed by atoms with van der Waals surface area (Å²) in [5.41, 5.74) is -0.129. The van der Waals surface area contributed by atoms with Gasteiger partial charge in [0.15, 0.2) is 0 Å². The topological polar surface area (TPSA) is 119 Å². The van der Waals surface area contributed by atoms with Gasteiger partial charge in [-0.3, -0.25) is 10.1 Å². The molecule has 1 rings (SSSR count). The Kier molecular flexibility index (Phi) is 6.69. The highest BCUT2D eigenvalue weighted by Gasteiger charge is 2.22. The van der Waals surface area contributed by atoms with Gasteiger partial charge in [-0.2, -0.15) is 0 Å². The number of benzene rings is 1. The van der Waals surface area contributed by atoms with Crippen LogP contribution in [0.4, 0.5) is 5.69 Å². The summed E-state index contributed by atoms with van der Waals surface area (Å²) in [6, 6.07) is 3.92. The van der Waals surface area contributed by atoms with Gasteiger partial charge in [0.25, 0.3) is 5.69 Å². The summed E-state index contributed by atoms with van der Waals surface area (Å²) in [6.07, 6.45) is 0.438. The summed E-state index contributed by atoms with van der Waals surface area (Å²) < 4.78 is 31.6. The molecule has 2 N–H and O–H groups in total. The smallest absolute Gasteiger partial charge is 0.273 e. The molecule has 0 atom stereocenters. The summed E-state index contributed by atoms with van der Waals surface area (Å²) in [7, 11) is -3.80. The molecular formula is C12H18N2O6S. The standard InChI is InChI=1S/C12H18N2O6S/c1-10-11(14(16)17)4-2-5-12(10)21(18,19)13-6-3-8-20-9-7-15/h2,4-5,13,15H,3,6-9H2,1H3. The van der Waals surface area contributed by atoms with E-state index in [-0.39, 0.29) is 35.9 Å². The molecule has 1 aromatic carbocycles. The minimum absolute atomic E-state index is 0.0847. The van der Waals surface area contributed by atoms with Crippen molar-refractivity contribution in [2.75, 3.05) is 26.4 Å². The minimum Gasteiger partial charge on any atom is -0.394 e. The van der Waals surface area contributed by atoms with Crippen molar-refractivity contribution in [1.29, 1.82) is 0 Å². The highest BCUT2D eigenvalue weighted by Crippen LogP contribution is 2.24. The van der Waals surface area contributed by atoms with Crippen LogP contribution < -0.4 is 4.72 Å². The quantitative estimate of drug-likeness (QED) is 0.390. The fourth-order valence-corrected chi connectivity index (χ4v) is 3.05. The zero-order valence-electron chi connectivity index (χ0n) is 11.6. The Labute approximate surface area is 122 Å². The van der Waals surface area contributed by atoms with Crippen molar-refractivity contribution < 1.29 is 23.2 Å². The van der Waals surface area contributed by atoms with Crippen molar-refractivity contribution in [1.82, 2.24) is 4.72 Å². The molecule has 0 aliphatic heterocycles. The number of aliphatic hydroxyl groups excluding tert-OH is 1. The lowest BCUT2D eigenvalue weighted by Gasteiger charge is -2.09. The van der Waals surface area contributed by atoms with E-state index in [0.29, 0.717) is 13.0 Å². The maximum atomic E-state index is 12.1. The molecular weight excluding hydrogens is 300 g/mol. The average Bonchev–Trinajstić information content (AvgIpc) is 2.42. The Balaban J connectivity index is 2.71. The molecule has 0 radical (unpaired) electrons. The van der Waals surface area contributed by atoms with Crippen molar-refractivity contribution in [2.45, 2.75) is 18.2 Å². The van der Waals surface area contributed by atoms with E-state index in [1.165, 1.54) is 25.1 Å². The van der Waals surface area contributed by atoms with Gasteiger partial charge in [0.1, 0.15) is 0 Å². The summed E-state index contributed by atoms with van der Waals surface area (Å²) in [5, 5.41) is 19.3. The van der Waals surface area contributed by atoms with Gasteiger partial charge < -0.3 is 9.84 Å².